The molecule has 0 aliphatic rings. The number of phenolic OH excluding ortho intramolecular Hbond substituents is 2. The Morgan fingerprint density at radius 1 is 0.632 bits per heavy atom. The van der Waals surface area contributed by atoms with Crippen molar-refractivity contribution in [1.29, 1.82) is 0 Å². The van der Waals surface area contributed by atoms with E-state index in [0.29, 0.717) is 62.5 Å². The third-order valence-corrected chi connectivity index (χ3v) is 6.98. The Bertz CT molecular complexity index is 773. The lowest BCUT2D eigenvalue weighted by atomic mass is 9.99. The maximum Gasteiger partial charge on any atom is 0.306 e. The van der Waals surface area contributed by atoms with Crippen molar-refractivity contribution in [3.63, 3.8) is 0 Å². The molecule has 0 saturated carbocycles. The molecule has 0 fully saturated rings. The number of benzene rings is 1. The van der Waals surface area contributed by atoms with Gasteiger partial charge in [-0.2, -0.15) is 0 Å². The summed E-state index contributed by atoms with van der Waals surface area (Å²) in [6.45, 7) is 12.2. The first-order valence-electron chi connectivity index (χ1n) is 14.9. The van der Waals surface area contributed by atoms with Crippen molar-refractivity contribution < 1.29 is 29.3 Å². The van der Waals surface area contributed by atoms with Crippen LogP contribution in [0.3, 0.4) is 0 Å². The van der Waals surface area contributed by atoms with Crippen molar-refractivity contribution in [2.75, 3.05) is 0 Å². The van der Waals surface area contributed by atoms with E-state index in [1.165, 1.54) is 0 Å². The maximum atomic E-state index is 12.2. The van der Waals surface area contributed by atoms with E-state index in [0.717, 1.165) is 51.4 Å². The Morgan fingerprint density at radius 2 is 1.00 bits per heavy atom. The summed E-state index contributed by atoms with van der Waals surface area (Å²) in [7, 11) is 0. The predicted molar refractivity (Wildman–Crippen MR) is 154 cm³/mol. The van der Waals surface area contributed by atoms with E-state index in [4.69, 9.17) is 9.47 Å². The van der Waals surface area contributed by atoms with Crippen LogP contribution in [-0.4, -0.2) is 33.4 Å². The average molecular weight is 535 g/mol. The van der Waals surface area contributed by atoms with E-state index in [2.05, 4.69) is 13.8 Å². The van der Waals surface area contributed by atoms with Crippen LogP contribution in [-0.2, 0) is 31.9 Å². The summed E-state index contributed by atoms with van der Waals surface area (Å²) in [4.78, 5) is 24.4. The molecule has 6 nitrogen and oxygen atoms in total. The number of phenols is 2. The SMILES string of the molecule is CCCCCC(C)(C)OC(=O)CCCCc1cc(O)c(CCCCC(=O)OC(C)(C)CCCCC)cc1O. The summed E-state index contributed by atoms with van der Waals surface area (Å²) >= 11 is 0. The van der Waals surface area contributed by atoms with E-state index < -0.39 is 11.2 Å². The van der Waals surface area contributed by atoms with Crippen molar-refractivity contribution >= 4 is 11.9 Å². The average Bonchev–Trinajstić information content (AvgIpc) is 2.81. The number of rotatable bonds is 20. The summed E-state index contributed by atoms with van der Waals surface area (Å²) in [5.41, 5.74) is 0.482. The largest absolute Gasteiger partial charge is 0.508 e. The van der Waals surface area contributed by atoms with Gasteiger partial charge in [0.2, 0.25) is 0 Å². The number of ether oxygens (including phenoxy) is 2. The molecular formula is C32H54O6. The van der Waals surface area contributed by atoms with E-state index in [1.807, 2.05) is 27.7 Å². The number of aryl methyl sites for hydroxylation is 2. The van der Waals surface area contributed by atoms with Crippen LogP contribution < -0.4 is 0 Å². The maximum absolute atomic E-state index is 12.2. The van der Waals surface area contributed by atoms with Gasteiger partial charge in [-0.25, -0.2) is 0 Å². The van der Waals surface area contributed by atoms with Crippen LogP contribution in [0.4, 0.5) is 0 Å². The summed E-state index contributed by atoms with van der Waals surface area (Å²) in [5.74, 6) is -0.0490. The summed E-state index contributed by atoms with van der Waals surface area (Å²) in [6.07, 6.45) is 13.0. The van der Waals surface area contributed by atoms with Gasteiger partial charge >= 0.3 is 11.9 Å². The van der Waals surface area contributed by atoms with E-state index in [9.17, 15) is 19.8 Å². The fourth-order valence-corrected chi connectivity index (χ4v) is 4.66. The van der Waals surface area contributed by atoms with Crippen molar-refractivity contribution in [1.82, 2.24) is 0 Å². The molecule has 0 aliphatic carbocycles. The smallest absolute Gasteiger partial charge is 0.306 e. The van der Waals surface area contributed by atoms with Crippen LogP contribution in [0, 0.1) is 0 Å². The molecule has 0 aromatic heterocycles. The summed E-state index contributed by atoms with van der Waals surface area (Å²) < 4.78 is 11.3. The third-order valence-electron chi connectivity index (χ3n) is 6.98. The van der Waals surface area contributed by atoms with Crippen LogP contribution in [0.1, 0.15) is 143 Å². The molecule has 0 spiro atoms. The topological polar surface area (TPSA) is 93.1 Å². The van der Waals surface area contributed by atoms with Crippen molar-refractivity contribution in [2.45, 2.75) is 155 Å². The number of esters is 2. The first-order chi connectivity index (χ1) is 17.9. The monoisotopic (exact) mass is 534 g/mol. The summed E-state index contributed by atoms with van der Waals surface area (Å²) in [6, 6.07) is 3.24. The van der Waals surface area contributed by atoms with E-state index >= 15 is 0 Å². The number of unbranched alkanes of at least 4 members (excludes halogenated alkanes) is 6. The fourth-order valence-electron chi connectivity index (χ4n) is 4.66. The second-order valence-electron chi connectivity index (χ2n) is 11.9. The molecule has 38 heavy (non-hydrogen) atoms. The third kappa shape index (κ3) is 14.6. The van der Waals surface area contributed by atoms with Gasteiger partial charge in [-0.05, 0) is 115 Å². The highest BCUT2D eigenvalue weighted by Crippen LogP contribution is 2.30. The molecule has 0 heterocycles. The lowest BCUT2D eigenvalue weighted by Crippen LogP contribution is -2.27. The fraction of sp³-hybridized carbons (Fsp3) is 0.750. The van der Waals surface area contributed by atoms with Crippen LogP contribution in [0.2, 0.25) is 0 Å². The molecule has 0 bridgehead atoms. The zero-order valence-corrected chi connectivity index (χ0v) is 25.0. The van der Waals surface area contributed by atoms with Gasteiger partial charge in [0.05, 0.1) is 0 Å². The van der Waals surface area contributed by atoms with Gasteiger partial charge in [-0.3, -0.25) is 9.59 Å². The van der Waals surface area contributed by atoms with Crippen molar-refractivity contribution in [2.24, 2.45) is 0 Å². The molecule has 6 heteroatoms. The minimum absolute atomic E-state index is 0.158. The number of carbonyl (C=O) groups excluding carboxylic acids is 2. The molecule has 0 unspecified atom stereocenters. The zero-order valence-electron chi connectivity index (χ0n) is 25.0. The van der Waals surface area contributed by atoms with E-state index in [-0.39, 0.29) is 23.4 Å². The minimum atomic E-state index is -0.433. The second-order valence-corrected chi connectivity index (χ2v) is 11.9. The lowest BCUT2D eigenvalue weighted by Gasteiger charge is -2.25. The first-order valence-corrected chi connectivity index (χ1v) is 14.9. The van der Waals surface area contributed by atoms with E-state index in [1.54, 1.807) is 12.1 Å². The highest BCUT2D eigenvalue weighted by Gasteiger charge is 2.23. The van der Waals surface area contributed by atoms with Gasteiger partial charge in [-0.1, -0.05) is 39.5 Å². The Labute approximate surface area is 231 Å². The molecule has 1 aromatic rings. The van der Waals surface area contributed by atoms with Gasteiger partial charge in [0.15, 0.2) is 0 Å². The van der Waals surface area contributed by atoms with Gasteiger partial charge in [0.25, 0.3) is 0 Å². The number of hydrogen-bond donors (Lipinski definition) is 2. The molecule has 2 N–H and O–H groups in total. The van der Waals surface area contributed by atoms with Crippen molar-refractivity contribution in [3.8, 4) is 11.5 Å². The minimum Gasteiger partial charge on any atom is -0.508 e. The molecule has 1 aromatic carbocycles. The molecule has 0 amide bonds. The molecule has 0 saturated heterocycles. The quantitative estimate of drug-likeness (QED) is 0.0992. The molecular weight excluding hydrogens is 480 g/mol. The Kier molecular flexibility index (Phi) is 15.4. The van der Waals surface area contributed by atoms with Gasteiger partial charge in [-0.15, -0.1) is 0 Å². The van der Waals surface area contributed by atoms with Gasteiger partial charge in [0, 0.05) is 12.8 Å². The molecule has 0 atom stereocenters. The molecule has 0 radical (unpaired) electrons. The normalized spacial score (nSPS) is 11.9. The van der Waals surface area contributed by atoms with Crippen LogP contribution in [0.5, 0.6) is 11.5 Å². The number of hydrogen-bond acceptors (Lipinski definition) is 6. The first kappa shape index (κ1) is 33.8. The van der Waals surface area contributed by atoms with Gasteiger partial charge in [0.1, 0.15) is 22.7 Å². The number of aromatic hydroxyl groups is 2. The second kappa shape index (κ2) is 17.4. The molecule has 0 aliphatic heterocycles. The summed E-state index contributed by atoms with van der Waals surface area (Å²) in [5, 5.41) is 20.9. The Morgan fingerprint density at radius 3 is 1.34 bits per heavy atom. The van der Waals surface area contributed by atoms with Gasteiger partial charge < -0.3 is 19.7 Å². The van der Waals surface area contributed by atoms with Crippen LogP contribution in [0.25, 0.3) is 0 Å². The lowest BCUT2D eigenvalue weighted by molar-refractivity contribution is -0.158. The highest BCUT2D eigenvalue weighted by molar-refractivity contribution is 5.70. The van der Waals surface area contributed by atoms with Crippen molar-refractivity contribution in [3.05, 3.63) is 23.3 Å². The zero-order chi connectivity index (χ0) is 28.6. The Balaban J connectivity index is 2.38. The van der Waals surface area contributed by atoms with Crippen LogP contribution in [0.15, 0.2) is 12.1 Å². The van der Waals surface area contributed by atoms with Crippen LogP contribution >= 0.6 is 0 Å². The Hall–Kier alpha value is -2.24. The molecule has 218 valence electrons. The number of carbonyl (C=O) groups is 2. The molecule has 1 rings (SSSR count). The highest BCUT2D eigenvalue weighted by atomic mass is 16.6. The standard InChI is InChI=1S/C32H54O6/c1-7-9-15-21-31(3,4)37-29(35)19-13-11-17-25-23-28(34)26(24-27(25)33)18-12-14-20-30(36)38-32(5,6)22-16-10-8-2/h23-24,33-34H,7-22H2,1-6H3. The predicted octanol–water partition coefficient (Wildman–Crippen LogP) is 8.33.